The van der Waals surface area contributed by atoms with Gasteiger partial charge in [0, 0.05) is 31.1 Å². The molecule has 1 aromatic rings. The second kappa shape index (κ2) is 4.86. The van der Waals surface area contributed by atoms with Crippen LogP contribution in [-0.4, -0.2) is 38.8 Å². The number of amides is 1. The quantitative estimate of drug-likeness (QED) is 0.813. The van der Waals surface area contributed by atoms with Gasteiger partial charge in [-0.2, -0.15) is 0 Å². The van der Waals surface area contributed by atoms with Crippen molar-refractivity contribution < 1.29 is 14.3 Å². The maximum Gasteiger partial charge on any atom is 0.251 e. The molecule has 0 aromatic heterocycles. The predicted molar refractivity (Wildman–Crippen MR) is 66.1 cm³/mol. The van der Waals surface area contributed by atoms with E-state index in [1.807, 2.05) is 0 Å². The van der Waals surface area contributed by atoms with Gasteiger partial charge in [0.05, 0.1) is 0 Å². The number of carbonyl (C=O) groups is 1. The van der Waals surface area contributed by atoms with Gasteiger partial charge >= 0.3 is 0 Å². The third-order valence-electron chi connectivity index (χ3n) is 3.22. The van der Waals surface area contributed by atoms with E-state index in [2.05, 4.69) is 10.6 Å². The van der Waals surface area contributed by atoms with Gasteiger partial charge in [0.1, 0.15) is 13.2 Å². The Bertz CT molecular complexity index is 458. The summed E-state index contributed by atoms with van der Waals surface area (Å²) in [7, 11) is 0. The Morgan fingerprint density at radius 1 is 1.28 bits per heavy atom. The average Bonchev–Trinajstić information content (AvgIpc) is 2.36. The van der Waals surface area contributed by atoms with E-state index < -0.39 is 0 Å². The van der Waals surface area contributed by atoms with Gasteiger partial charge in [0.15, 0.2) is 11.5 Å². The third kappa shape index (κ3) is 2.26. The fourth-order valence-corrected chi connectivity index (χ4v) is 2.02. The molecule has 0 atom stereocenters. The zero-order chi connectivity index (χ0) is 12.4. The summed E-state index contributed by atoms with van der Waals surface area (Å²) < 4.78 is 10.9. The highest BCUT2D eigenvalue weighted by Crippen LogP contribution is 2.30. The molecular weight excluding hydrogens is 232 g/mol. The van der Waals surface area contributed by atoms with E-state index in [4.69, 9.17) is 9.47 Å². The molecule has 1 fully saturated rings. The lowest BCUT2D eigenvalue weighted by Crippen LogP contribution is -2.48. The van der Waals surface area contributed by atoms with E-state index in [0.29, 0.717) is 36.2 Å². The molecule has 3 rings (SSSR count). The van der Waals surface area contributed by atoms with Crippen LogP contribution < -0.4 is 20.1 Å². The molecule has 5 nitrogen and oxygen atoms in total. The summed E-state index contributed by atoms with van der Waals surface area (Å²) in [6.07, 6.45) is 0. The van der Waals surface area contributed by atoms with Crippen LogP contribution in [0.15, 0.2) is 18.2 Å². The van der Waals surface area contributed by atoms with E-state index in [9.17, 15) is 4.79 Å². The van der Waals surface area contributed by atoms with Crippen LogP contribution in [0.25, 0.3) is 0 Å². The van der Waals surface area contributed by atoms with Crippen molar-refractivity contribution in [1.29, 1.82) is 0 Å². The third-order valence-corrected chi connectivity index (χ3v) is 3.22. The Labute approximate surface area is 105 Å². The molecule has 2 aliphatic rings. The Hall–Kier alpha value is -1.75. The summed E-state index contributed by atoms with van der Waals surface area (Å²) in [6, 6.07) is 5.29. The standard InChI is InChI=1S/C13H16N2O3/c16-13(15-8-9-6-14-7-9)10-1-2-11-12(5-10)18-4-3-17-11/h1-2,5,9,14H,3-4,6-8H2,(H,15,16). The van der Waals surface area contributed by atoms with Crippen molar-refractivity contribution in [1.82, 2.24) is 10.6 Å². The van der Waals surface area contributed by atoms with Crippen molar-refractivity contribution in [3.05, 3.63) is 23.8 Å². The Morgan fingerprint density at radius 2 is 2.06 bits per heavy atom. The predicted octanol–water partition coefficient (Wildman–Crippen LogP) is 0.407. The molecule has 5 heteroatoms. The molecule has 2 N–H and O–H groups in total. The van der Waals surface area contributed by atoms with Crippen LogP contribution in [-0.2, 0) is 0 Å². The maximum atomic E-state index is 11.9. The second-order valence-electron chi connectivity index (χ2n) is 4.59. The van der Waals surface area contributed by atoms with Gasteiger partial charge < -0.3 is 20.1 Å². The lowest BCUT2D eigenvalue weighted by Gasteiger charge is -2.27. The molecular formula is C13H16N2O3. The largest absolute Gasteiger partial charge is 0.486 e. The molecule has 0 unspecified atom stereocenters. The van der Waals surface area contributed by atoms with Crippen LogP contribution in [0.2, 0.25) is 0 Å². The van der Waals surface area contributed by atoms with Gasteiger partial charge in [0.2, 0.25) is 0 Å². The van der Waals surface area contributed by atoms with Crippen LogP contribution >= 0.6 is 0 Å². The summed E-state index contributed by atoms with van der Waals surface area (Å²) in [5, 5.41) is 6.11. The molecule has 0 spiro atoms. The SMILES string of the molecule is O=C(NCC1CNC1)c1ccc2c(c1)OCCO2. The van der Waals surface area contributed by atoms with E-state index in [-0.39, 0.29) is 5.91 Å². The molecule has 2 aliphatic heterocycles. The van der Waals surface area contributed by atoms with Crippen molar-refractivity contribution in [2.24, 2.45) is 5.92 Å². The first-order valence-corrected chi connectivity index (χ1v) is 6.21. The minimum absolute atomic E-state index is 0.0566. The number of hydrogen-bond acceptors (Lipinski definition) is 4. The van der Waals surface area contributed by atoms with Crippen molar-refractivity contribution in [2.75, 3.05) is 32.8 Å². The first-order chi connectivity index (χ1) is 8.83. The van der Waals surface area contributed by atoms with Crippen LogP contribution in [0.3, 0.4) is 0 Å². The molecule has 18 heavy (non-hydrogen) atoms. The Balaban J connectivity index is 1.65. The molecule has 0 radical (unpaired) electrons. The highest BCUT2D eigenvalue weighted by atomic mass is 16.6. The van der Waals surface area contributed by atoms with E-state index in [1.54, 1.807) is 18.2 Å². The number of rotatable bonds is 3. The lowest BCUT2D eigenvalue weighted by atomic mass is 10.0. The van der Waals surface area contributed by atoms with Gasteiger partial charge in [-0.05, 0) is 18.2 Å². The van der Waals surface area contributed by atoms with Gasteiger partial charge in [-0.3, -0.25) is 4.79 Å². The van der Waals surface area contributed by atoms with Crippen molar-refractivity contribution in [3.8, 4) is 11.5 Å². The molecule has 0 bridgehead atoms. The zero-order valence-electron chi connectivity index (χ0n) is 10.1. The van der Waals surface area contributed by atoms with Crippen LogP contribution in [0, 0.1) is 5.92 Å². The average molecular weight is 248 g/mol. The summed E-state index contributed by atoms with van der Waals surface area (Å²) >= 11 is 0. The molecule has 0 aliphatic carbocycles. The summed E-state index contributed by atoms with van der Waals surface area (Å²) in [5.41, 5.74) is 0.617. The Kier molecular flexibility index (Phi) is 3.06. The van der Waals surface area contributed by atoms with Crippen molar-refractivity contribution in [3.63, 3.8) is 0 Å². The molecule has 2 heterocycles. The highest BCUT2D eigenvalue weighted by Gasteiger charge is 2.19. The van der Waals surface area contributed by atoms with Gasteiger partial charge in [-0.25, -0.2) is 0 Å². The van der Waals surface area contributed by atoms with Crippen molar-refractivity contribution in [2.45, 2.75) is 0 Å². The molecule has 1 saturated heterocycles. The van der Waals surface area contributed by atoms with E-state index in [0.717, 1.165) is 19.6 Å². The van der Waals surface area contributed by atoms with Gasteiger partial charge in [0.25, 0.3) is 5.91 Å². The number of benzene rings is 1. The smallest absolute Gasteiger partial charge is 0.251 e. The molecule has 1 aromatic carbocycles. The summed E-state index contributed by atoms with van der Waals surface area (Å²) in [5.74, 6) is 1.87. The number of carbonyl (C=O) groups excluding carboxylic acids is 1. The van der Waals surface area contributed by atoms with Gasteiger partial charge in [-0.15, -0.1) is 0 Å². The first-order valence-electron chi connectivity index (χ1n) is 6.21. The topological polar surface area (TPSA) is 59.6 Å². The number of ether oxygens (including phenoxy) is 2. The lowest BCUT2D eigenvalue weighted by molar-refractivity contribution is 0.0941. The van der Waals surface area contributed by atoms with Crippen LogP contribution in [0.5, 0.6) is 11.5 Å². The summed E-state index contributed by atoms with van der Waals surface area (Å²) in [6.45, 7) is 3.79. The number of hydrogen-bond donors (Lipinski definition) is 2. The monoisotopic (exact) mass is 248 g/mol. The first kappa shape index (κ1) is 11.3. The zero-order valence-corrected chi connectivity index (χ0v) is 10.1. The number of fused-ring (bicyclic) bond motifs is 1. The fourth-order valence-electron chi connectivity index (χ4n) is 2.02. The molecule has 96 valence electrons. The second-order valence-corrected chi connectivity index (χ2v) is 4.59. The van der Waals surface area contributed by atoms with E-state index >= 15 is 0 Å². The summed E-state index contributed by atoms with van der Waals surface area (Å²) in [4.78, 5) is 11.9. The molecule has 0 saturated carbocycles. The maximum absolute atomic E-state index is 11.9. The van der Waals surface area contributed by atoms with E-state index in [1.165, 1.54) is 0 Å². The fraction of sp³-hybridized carbons (Fsp3) is 0.462. The normalized spacial score (nSPS) is 18.0. The Morgan fingerprint density at radius 3 is 2.78 bits per heavy atom. The van der Waals surface area contributed by atoms with Gasteiger partial charge in [-0.1, -0.05) is 0 Å². The van der Waals surface area contributed by atoms with Crippen molar-refractivity contribution >= 4 is 5.91 Å². The molecule has 1 amide bonds. The minimum Gasteiger partial charge on any atom is -0.486 e. The minimum atomic E-state index is -0.0566. The van der Waals surface area contributed by atoms with Crippen LogP contribution in [0.1, 0.15) is 10.4 Å². The van der Waals surface area contributed by atoms with Crippen LogP contribution in [0.4, 0.5) is 0 Å². The number of nitrogens with one attached hydrogen (secondary N) is 2. The highest BCUT2D eigenvalue weighted by molar-refractivity contribution is 5.94.